The molecule has 0 fully saturated rings. The molecular formula is C27H27ClO4. The third-order valence-corrected chi connectivity index (χ3v) is 4.70. The summed E-state index contributed by atoms with van der Waals surface area (Å²) in [6.45, 7) is 4.63. The van der Waals surface area contributed by atoms with Crippen molar-refractivity contribution >= 4 is 17.6 Å². The second kappa shape index (κ2) is 13.1. The summed E-state index contributed by atoms with van der Waals surface area (Å²) in [6, 6.07) is 21.3. The quantitative estimate of drug-likeness (QED) is 0.371. The topological polar surface area (TPSA) is 55.8 Å². The first-order chi connectivity index (χ1) is 15.5. The molecule has 5 heteroatoms. The Morgan fingerprint density at radius 1 is 1.00 bits per heavy atom. The highest BCUT2D eigenvalue weighted by Crippen LogP contribution is 2.32. The van der Waals surface area contributed by atoms with Gasteiger partial charge in [-0.25, -0.2) is 0 Å². The van der Waals surface area contributed by atoms with E-state index in [9.17, 15) is 4.79 Å². The first-order valence-corrected chi connectivity index (χ1v) is 10.7. The van der Waals surface area contributed by atoms with Gasteiger partial charge in [-0.15, -0.1) is 12.3 Å². The Morgan fingerprint density at radius 3 is 2.22 bits per heavy atom. The van der Waals surface area contributed by atoms with Gasteiger partial charge in [0.1, 0.15) is 18.1 Å². The maximum Gasteiger partial charge on any atom is 0.303 e. The molecule has 0 aromatic heterocycles. The molecule has 1 N–H and O–H groups in total. The lowest BCUT2D eigenvalue weighted by Gasteiger charge is -2.12. The minimum Gasteiger partial charge on any atom is -0.493 e. The van der Waals surface area contributed by atoms with Crippen molar-refractivity contribution in [3.8, 4) is 35.0 Å². The number of carboxylic acids is 1. The van der Waals surface area contributed by atoms with E-state index in [0.29, 0.717) is 24.7 Å². The number of aliphatic carboxylic acids is 1. The molecule has 0 radical (unpaired) electrons. The molecule has 3 aromatic carbocycles. The molecule has 0 spiro atoms. The zero-order chi connectivity index (χ0) is 23.3. The van der Waals surface area contributed by atoms with Crippen molar-refractivity contribution in [3.05, 3.63) is 82.9 Å². The highest BCUT2D eigenvalue weighted by Gasteiger charge is 2.08. The van der Waals surface area contributed by atoms with Crippen LogP contribution in [0, 0.1) is 12.3 Å². The summed E-state index contributed by atoms with van der Waals surface area (Å²) in [5, 5.41) is 9.40. The van der Waals surface area contributed by atoms with E-state index in [0.717, 1.165) is 33.8 Å². The van der Waals surface area contributed by atoms with Gasteiger partial charge >= 0.3 is 5.97 Å². The molecule has 0 saturated carbocycles. The smallest absolute Gasteiger partial charge is 0.303 e. The first kappa shape index (κ1) is 24.8. The predicted molar refractivity (Wildman–Crippen MR) is 129 cm³/mol. The fraction of sp³-hybridized carbons (Fsp3) is 0.222. The Morgan fingerprint density at radius 2 is 1.62 bits per heavy atom. The van der Waals surface area contributed by atoms with Crippen LogP contribution in [-0.4, -0.2) is 17.7 Å². The third-order valence-electron chi connectivity index (χ3n) is 4.46. The van der Waals surface area contributed by atoms with E-state index in [1.54, 1.807) is 6.92 Å². The second-order valence-electron chi connectivity index (χ2n) is 6.89. The number of rotatable bonds is 9. The Kier molecular flexibility index (Phi) is 10.2. The summed E-state index contributed by atoms with van der Waals surface area (Å²) in [5.41, 5.74) is 4.09. The zero-order valence-electron chi connectivity index (χ0n) is 18.3. The number of carbonyl (C=O) groups is 1. The number of halogens is 1. The Hall–Kier alpha value is -3.42. The molecule has 0 unspecified atom stereocenters. The molecule has 166 valence electrons. The summed E-state index contributed by atoms with van der Waals surface area (Å²) in [7, 11) is 0. The average molecular weight is 451 g/mol. The molecular weight excluding hydrogens is 424 g/mol. The number of ether oxygens (including phenoxy) is 2. The second-order valence-corrected chi connectivity index (χ2v) is 7.32. The molecule has 0 heterocycles. The molecule has 0 aliphatic heterocycles. The van der Waals surface area contributed by atoms with E-state index in [1.165, 1.54) is 0 Å². The molecule has 0 saturated heterocycles. The summed E-state index contributed by atoms with van der Waals surface area (Å²) >= 11 is 6.08. The number of benzene rings is 3. The SMILES string of the molecule is C#CC.CCOc1cc(Cl)ccc1-c1ccc(COc2ccc(CCC(=O)O)cc2)cc1. The fourth-order valence-corrected chi connectivity index (χ4v) is 3.12. The summed E-state index contributed by atoms with van der Waals surface area (Å²) in [5.74, 6) is 2.98. The first-order valence-electron chi connectivity index (χ1n) is 10.3. The van der Waals surface area contributed by atoms with Crippen LogP contribution in [0.3, 0.4) is 0 Å². The van der Waals surface area contributed by atoms with E-state index in [1.807, 2.05) is 73.7 Å². The number of terminal acetylenes is 1. The molecule has 3 rings (SSSR count). The van der Waals surface area contributed by atoms with Crippen LogP contribution in [-0.2, 0) is 17.8 Å². The lowest BCUT2D eigenvalue weighted by atomic mass is 10.0. The standard InChI is InChI=1S/C24H23ClO4.C3H4/c1-2-28-23-15-20(25)10-13-22(23)19-8-3-18(4-9-19)16-29-21-11-5-17(6-12-21)7-14-24(26)27;1-3-2/h3-6,8-13,15H,2,7,14,16H2,1H3,(H,26,27);1H,2H3. The van der Waals surface area contributed by atoms with Gasteiger partial charge in [-0.1, -0.05) is 48.0 Å². The monoisotopic (exact) mass is 450 g/mol. The third kappa shape index (κ3) is 8.02. The molecule has 4 nitrogen and oxygen atoms in total. The van der Waals surface area contributed by atoms with Crippen molar-refractivity contribution in [3.63, 3.8) is 0 Å². The summed E-state index contributed by atoms with van der Waals surface area (Å²) in [6.07, 6.45) is 5.25. The van der Waals surface area contributed by atoms with Gasteiger partial charge < -0.3 is 14.6 Å². The van der Waals surface area contributed by atoms with Gasteiger partial charge in [0.2, 0.25) is 0 Å². The van der Waals surface area contributed by atoms with Crippen LogP contribution in [0.1, 0.15) is 31.4 Å². The molecule has 0 aliphatic carbocycles. The van der Waals surface area contributed by atoms with Gasteiger partial charge in [-0.2, -0.15) is 0 Å². The van der Waals surface area contributed by atoms with Crippen molar-refractivity contribution in [2.45, 2.75) is 33.3 Å². The van der Waals surface area contributed by atoms with Gasteiger partial charge in [-0.3, -0.25) is 4.79 Å². The van der Waals surface area contributed by atoms with Gasteiger partial charge in [0.05, 0.1) is 6.61 Å². The Bertz CT molecular complexity index is 1030. The lowest BCUT2D eigenvalue weighted by Crippen LogP contribution is -1.98. The van der Waals surface area contributed by atoms with Crippen molar-refractivity contribution in [1.29, 1.82) is 0 Å². The van der Waals surface area contributed by atoms with E-state index >= 15 is 0 Å². The summed E-state index contributed by atoms with van der Waals surface area (Å²) in [4.78, 5) is 10.6. The summed E-state index contributed by atoms with van der Waals surface area (Å²) < 4.78 is 11.5. The van der Waals surface area contributed by atoms with E-state index < -0.39 is 5.97 Å². The van der Waals surface area contributed by atoms with Crippen LogP contribution in [0.4, 0.5) is 0 Å². The predicted octanol–water partition coefficient (Wildman–Crippen LogP) is 6.64. The van der Waals surface area contributed by atoms with Gasteiger partial charge in [0.25, 0.3) is 0 Å². The van der Waals surface area contributed by atoms with Gasteiger partial charge in [-0.05, 0) is 67.3 Å². The van der Waals surface area contributed by atoms with Crippen LogP contribution in [0.25, 0.3) is 11.1 Å². The van der Waals surface area contributed by atoms with Crippen molar-refractivity contribution in [2.75, 3.05) is 6.61 Å². The van der Waals surface area contributed by atoms with Crippen molar-refractivity contribution in [1.82, 2.24) is 0 Å². The number of hydrogen-bond acceptors (Lipinski definition) is 3. The maximum absolute atomic E-state index is 10.6. The van der Waals surface area contributed by atoms with Crippen LogP contribution in [0.5, 0.6) is 11.5 Å². The normalized spacial score (nSPS) is 9.81. The highest BCUT2D eigenvalue weighted by atomic mass is 35.5. The number of aryl methyl sites for hydroxylation is 1. The van der Waals surface area contributed by atoms with Crippen LogP contribution in [0.2, 0.25) is 5.02 Å². The van der Waals surface area contributed by atoms with Crippen molar-refractivity contribution < 1.29 is 19.4 Å². The van der Waals surface area contributed by atoms with Gasteiger partial charge in [0, 0.05) is 17.0 Å². The number of hydrogen-bond donors (Lipinski definition) is 1. The largest absolute Gasteiger partial charge is 0.493 e. The lowest BCUT2D eigenvalue weighted by molar-refractivity contribution is -0.136. The molecule has 0 bridgehead atoms. The molecule has 0 amide bonds. The van der Waals surface area contributed by atoms with Crippen LogP contribution >= 0.6 is 11.6 Å². The fourth-order valence-electron chi connectivity index (χ4n) is 2.96. The zero-order valence-corrected chi connectivity index (χ0v) is 19.1. The van der Waals surface area contributed by atoms with Crippen LogP contribution < -0.4 is 9.47 Å². The number of carboxylic acid groups (broad SMARTS) is 1. The Labute approximate surface area is 194 Å². The minimum absolute atomic E-state index is 0.130. The van der Waals surface area contributed by atoms with E-state index in [-0.39, 0.29) is 6.42 Å². The highest BCUT2D eigenvalue weighted by molar-refractivity contribution is 6.30. The van der Waals surface area contributed by atoms with E-state index in [4.69, 9.17) is 26.2 Å². The molecule has 0 aliphatic rings. The maximum atomic E-state index is 10.6. The van der Waals surface area contributed by atoms with Crippen LogP contribution in [0.15, 0.2) is 66.7 Å². The van der Waals surface area contributed by atoms with Gasteiger partial charge in [0.15, 0.2) is 0 Å². The molecule has 32 heavy (non-hydrogen) atoms. The Balaban J connectivity index is 0.00000114. The molecule has 0 atom stereocenters. The average Bonchev–Trinajstić information content (AvgIpc) is 2.78. The van der Waals surface area contributed by atoms with Crippen molar-refractivity contribution in [2.24, 2.45) is 0 Å². The molecule has 3 aromatic rings. The van der Waals surface area contributed by atoms with E-state index in [2.05, 4.69) is 12.3 Å². The minimum atomic E-state index is -0.791.